The van der Waals surface area contributed by atoms with Gasteiger partial charge in [0.15, 0.2) is 0 Å². The lowest BCUT2D eigenvalue weighted by atomic mass is 9.96. The zero-order valence-electron chi connectivity index (χ0n) is 14.6. The molecule has 0 amide bonds. The van der Waals surface area contributed by atoms with Crippen LogP contribution < -0.4 is 5.73 Å². The van der Waals surface area contributed by atoms with Gasteiger partial charge in [-0.15, -0.1) is 0 Å². The molecule has 0 saturated heterocycles. The molecule has 25 heavy (non-hydrogen) atoms. The minimum atomic E-state index is 0.512. The molecule has 0 aliphatic heterocycles. The van der Waals surface area contributed by atoms with Crippen LogP contribution in [-0.2, 0) is 0 Å². The van der Waals surface area contributed by atoms with Crippen molar-refractivity contribution in [3.8, 4) is 22.3 Å². The Morgan fingerprint density at radius 1 is 0.960 bits per heavy atom. The first-order chi connectivity index (χ1) is 11.9. The van der Waals surface area contributed by atoms with E-state index in [1.807, 2.05) is 39.8 Å². The van der Waals surface area contributed by atoms with Gasteiger partial charge in [-0.3, -0.25) is 0 Å². The van der Waals surface area contributed by atoms with Gasteiger partial charge in [0.1, 0.15) is 17.4 Å². The summed E-state index contributed by atoms with van der Waals surface area (Å²) in [6.45, 7) is 7.78. The lowest BCUT2D eigenvalue weighted by molar-refractivity contribution is 0.393. The molecule has 0 aliphatic carbocycles. The van der Waals surface area contributed by atoms with E-state index < -0.39 is 0 Å². The number of rotatable bonds is 2. The van der Waals surface area contributed by atoms with Crippen molar-refractivity contribution in [3.05, 3.63) is 47.2 Å². The third kappa shape index (κ3) is 2.46. The lowest BCUT2D eigenvalue weighted by Gasteiger charge is -2.10. The van der Waals surface area contributed by atoms with Crippen LogP contribution in [0.25, 0.3) is 33.3 Å². The zero-order chi connectivity index (χ0) is 17.7. The van der Waals surface area contributed by atoms with Crippen LogP contribution in [0.4, 0.5) is 5.82 Å². The van der Waals surface area contributed by atoms with Crippen molar-refractivity contribution in [2.75, 3.05) is 5.73 Å². The Morgan fingerprint density at radius 3 is 2.44 bits per heavy atom. The fourth-order valence-electron chi connectivity index (χ4n) is 3.35. The lowest BCUT2D eigenvalue weighted by Crippen LogP contribution is -1.95. The summed E-state index contributed by atoms with van der Waals surface area (Å²) >= 11 is 0. The van der Waals surface area contributed by atoms with E-state index in [1.165, 1.54) is 0 Å². The summed E-state index contributed by atoms with van der Waals surface area (Å²) in [6, 6.07) is 8.02. The van der Waals surface area contributed by atoms with Gasteiger partial charge >= 0.3 is 0 Å². The van der Waals surface area contributed by atoms with Gasteiger partial charge < -0.3 is 15.2 Å². The Balaban J connectivity index is 2.06. The van der Waals surface area contributed by atoms with Crippen LogP contribution in [0.1, 0.15) is 23.0 Å². The quantitative estimate of drug-likeness (QED) is 0.576. The van der Waals surface area contributed by atoms with Crippen molar-refractivity contribution in [1.29, 1.82) is 0 Å². The Labute approximate surface area is 145 Å². The predicted molar refractivity (Wildman–Crippen MR) is 98.2 cm³/mol. The summed E-state index contributed by atoms with van der Waals surface area (Å²) in [4.78, 5) is 12.4. The van der Waals surface area contributed by atoms with Crippen LogP contribution >= 0.6 is 0 Å². The summed E-state index contributed by atoms with van der Waals surface area (Å²) in [7, 11) is 0. The maximum absolute atomic E-state index is 5.82. The number of nitrogen functional groups attached to an aromatic ring is 1. The summed E-state index contributed by atoms with van der Waals surface area (Å²) in [5, 5.41) is 4.08. The summed E-state index contributed by atoms with van der Waals surface area (Å²) in [6.07, 6.45) is 0. The fourth-order valence-corrected chi connectivity index (χ4v) is 3.35. The van der Waals surface area contributed by atoms with Crippen molar-refractivity contribution in [2.45, 2.75) is 27.7 Å². The second-order valence-electron chi connectivity index (χ2n) is 6.31. The SMILES string of the molecule is Cc1nc2c(-c3ccc(N)nc3C)cc(-c3c(C)noc3C)cc2[nH]1. The fraction of sp³-hybridized carbons (Fsp3) is 0.211. The number of nitrogens with one attached hydrogen (secondary N) is 1. The number of benzene rings is 1. The second-order valence-corrected chi connectivity index (χ2v) is 6.31. The number of pyridine rings is 1. The third-order valence-corrected chi connectivity index (χ3v) is 4.42. The van der Waals surface area contributed by atoms with Crippen molar-refractivity contribution in [3.63, 3.8) is 0 Å². The number of imidazole rings is 1. The van der Waals surface area contributed by atoms with Crippen LogP contribution in [0.3, 0.4) is 0 Å². The largest absolute Gasteiger partial charge is 0.384 e. The molecule has 0 unspecified atom stereocenters. The van der Waals surface area contributed by atoms with Gasteiger partial charge in [0, 0.05) is 22.4 Å². The average Bonchev–Trinajstić information content (AvgIpc) is 3.08. The van der Waals surface area contributed by atoms with E-state index in [-0.39, 0.29) is 0 Å². The number of nitrogens with zero attached hydrogens (tertiary/aromatic N) is 3. The second kappa shape index (κ2) is 5.44. The molecule has 0 fully saturated rings. The highest BCUT2D eigenvalue weighted by Crippen LogP contribution is 2.36. The normalized spacial score (nSPS) is 11.4. The number of hydrogen-bond donors (Lipinski definition) is 2. The van der Waals surface area contributed by atoms with Gasteiger partial charge in [0.05, 0.1) is 16.7 Å². The molecule has 0 radical (unpaired) electrons. The van der Waals surface area contributed by atoms with Gasteiger partial charge in [-0.2, -0.15) is 0 Å². The van der Waals surface area contributed by atoms with Gasteiger partial charge in [-0.25, -0.2) is 9.97 Å². The first-order valence-electron chi connectivity index (χ1n) is 8.11. The van der Waals surface area contributed by atoms with Crippen LogP contribution in [0, 0.1) is 27.7 Å². The monoisotopic (exact) mass is 333 g/mol. The van der Waals surface area contributed by atoms with E-state index in [0.717, 1.165) is 56.3 Å². The van der Waals surface area contributed by atoms with Crippen LogP contribution in [-0.4, -0.2) is 20.1 Å². The van der Waals surface area contributed by atoms with E-state index in [1.54, 1.807) is 0 Å². The average molecular weight is 333 g/mol. The van der Waals surface area contributed by atoms with E-state index in [0.29, 0.717) is 5.82 Å². The number of fused-ring (bicyclic) bond motifs is 1. The number of H-pyrrole nitrogens is 1. The number of nitrogens with two attached hydrogens (primary N) is 1. The van der Waals surface area contributed by atoms with Crippen molar-refractivity contribution in [2.24, 2.45) is 0 Å². The molecular weight excluding hydrogens is 314 g/mol. The Morgan fingerprint density at radius 2 is 1.76 bits per heavy atom. The molecule has 4 aromatic rings. The molecule has 6 nitrogen and oxygen atoms in total. The Kier molecular flexibility index (Phi) is 3.35. The number of aryl methyl sites for hydroxylation is 4. The van der Waals surface area contributed by atoms with E-state index in [9.17, 15) is 0 Å². The minimum absolute atomic E-state index is 0.512. The number of anilines is 1. The summed E-state index contributed by atoms with van der Waals surface area (Å²) in [5.41, 5.74) is 13.5. The van der Waals surface area contributed by atoms with Gasteiger partial charge in [0.25, 0.3) is 0 Å². The standard InChI is InChI=1S/C19H19N5O/c1-9-14(5-6-17(20)21-9)15-7-13(18-10(2)24-25-11(18)3)8-16-19(15)23-12(4)22-16/h5-8H,1-4H3,(H2,20,21)(H,22,23). The zero-order valence-corrected chi connectivity index (χ0v) is 14.6. The molecule has 4 rings (SSSR count). The molecule has 3 N–H and O–H groups in total. The van der Waals surface area contributed by atoms with Gasteiger partial charge in [-0.1, -0.05) is 5.16 Å². The summed E-state index contributed by atoms with van der Waals surface area (Å²) in [5.74, 6) is 2.18. The molecule has 126 valence electrons. The Bertz CT molecular complexity index is 1090. The van der Waals surface area contributed by atoms with Crippen LogP contribution in [0.15, 0.2) is 28.8 Å². The van der Waals surface area contributed by atoms with Crippen LogP contribution in [0.5, 0.6) is 0 Å². The predicted octanol–water partition coefficient (Wildman–Crippen LogP) is 4.10. The molecule has 0 bridgehead atoms. The Hall–Kier alpha value is -3.15. The minimum Gasteiger partial charge on any atom is -0.384 e. The molecule has 1 aromatic carbocycles. The first-order valence-corrected chi connectivity index (χ1v) is 8.11. The maximum atomic E-state index is 5.82. The van der Waals surface area contributed by atoms with Crippen molar-refractivity contribution < 1.29 is 4.52 Å². The number of aromatic amines is 1. The van der Waals surface area contributed by atoms with Crippen molar-refractivity contribution >= 4 is 16.9 Å². The van der Waals surface area contributed by atoms with Crippen LogP contribution in [0.2, 0.25) is 0 Å². The molecular formula is C19H19N5O. The highest BCUT2D eigenvalue weighted by Gasteiger charge is 2.17. The number of aromatic nitrogens is 4. The van der Waals surface area contributed by atoms with E-state index in [4.69, 9.17) is 10.3 Å². The summed E-state index contributed by atoms with van der Waals surface area (Å²) < 4.78 is 5.35. The first kappa shape index (κ1) is 15.4. The highest BCUT2D eigenvalue weighted by molar-refractivity contribution is 5.97. The third-order valence-electron chi connectivity index (χ3n) is 4.42. The molecule has 6 heteroatoms. The van der Waals surface area contributed by atoms with E-state index in [2.05, 4.69) is 32.2 Å². The smallest absolute Gasteiger partial charge is 0.141 e. The number of hydrogen-bond acceptors (Lipinski definition) is 5. The molecule has 0 atom stereocenters. The van der Waals surface area contributed by atoms with Gasteiger partial charge in [-0.05, 0) is 57.5 Å². The topological polar surface area (TPSA) is 93.6 Å². The van der Waals surface area contributed by atoms with Crippen molar-refractivity contribution in [1.82, 2.24) is 20.1 Å². The molecule has 3 aromatic heterocycles. The van der Waals surface area contributed by atoms with E-state index >= 15 is 0 Å². The maximum Gasteiger partial charge on any atom is 0.141 e. The molecule has 3 heterocycles. The molecule has 0 saturated carbocycles. The van der Waals surface area contributed by atoms with Gasteiger partial charge in [0.2, 0.25) is 0 Å². The molecule has 0 aliphatic rings. The highest BCUT2D eigenvalue weighted by atomic mass is 16.5. The molecule has 0 spiro atoms.